The van der Waals surface area contributed by atoms with E-state index in [1.165, 1.54) is 16.8 Å². The molecule has 32 heavy (non-hydrogen) atoms. The largest absolute Gasteiger partial charge is 0.358 e. The maximum Gasteiger partial charge on any atom is 0.253 e. The first-order chi connectivity index (χ1) is 15.5. The number of carbonyl (C=O) groups excluding carboxylic acids is 2. The lowest BCUT2D eigenvalue weighted by molar-refractivity contribution is -0.129. The number of carbonyl (C=O) groups is 2. The van der Waals surface area contributed by atoms with Crippen LogP contribution in [0.2, 0.25) is 0 Å². The van der Waals surface area contributed by atoms with Gasteiger partial charge in [0.05, 0.1) is 0 Å². The second-order valence-corrected chi connectivity index (χ2v) is 9.09. The summed E-state index contributed by atoms with van der Waals surface area (Å²) in [6.45, 7) is 9.26. The lowest BCUT2D eigenvalue weighted by atomic mass is 10.0. The number of H-pyrrole nitrogens is 1. The van der Waals surface area contributed by atoms with Crippen LogP contribution in [0.4, 0.5) is 0 Å². The predicted octanol–water partition coefficient (Wildman–Crippen LogP) is 3.34. The van der Waals surface area contributed by atoms with Gasteiger partial charge in [-0.05, 0) is 30.7 Å². The Labute approximate surface area is 188 Å². The summed E-state index contributed by atoms with van der Waals surface area (Å²) in [4.78, 5) is 34.8. The van der Waals surface area contributed by atoms with E-state index in [2.05, 4.69) is 41.1 Å². The number of aryl methyl sites for hydroxylation is 1. The van der Waals surface area contributed by atoms with Gasteiger partial charge in [-0.2, -0.15) is 0 Å². The fourth-order valence-corrected chi connectivity index (χ4v) is 4.86. The monoisotopic (exact) mass is 430 g/mol. The van der Waals surface area contributed by atoms with E-state index in [1.807, 2.05) is 28.0 Å². The number of piperazine rings is 1. The third kappa shape index (κ3) is 4.02. The molecule has 3 heterocycles. The molecule has 166 valence electrons. The van der Waals surface area contributed by atoms with Crippen LogP contribution in [0, 0.1) is 6.92 Å². The second-order valence-electron chi connectivity index (χ2n) is 9.09. The summed E-state index contributed by atoms with van der Waals surface area (Å²) in [5.41, 5.74) is 6.70. The smallest absolute Gasteiger partial charge is 0.253 e. The van der Waals surface area contributed by atoms with E-state index in [4.69, 9.17) is 0 Å². The van der Waals surface area contributed by atoms with Crippen LogP contribution in [0.1, 0.15) is 39.7 Å². The number of hydrogen-bond donors (Lipinski definition) is 1. The van der Waals surface area contributed by atoms with Crippen molar-refractivity contribution in [3.8, 4) is 0 Å². The van der Waals surface area contributed by atoms with Crippen molar-refractivity contribution in [2.75, 3.05) is 32.7 Å². The van der Waals surface area contributed by atoms with Crippen molar-refractivity contribution >= 4 is 22.7 Å². The zero-order valence-corrected chi connectivity index (χ0v) is 18.9. The minimum absolute atomic E-state index is 0.0936. The summed E-state index contributed by atoms with van der Waals surface area (Å²) in [6, 6.07) is 14.6. The van der Waals surface area contributed by atoms with Gasteiger partial charge >= 0.3 is 0 Å². The average molecular weight is 431 g/mol. The molecule has 1 N–H and O–H groups in total. The highest BCUT2D eigenvalue weighted by Gasteiger charge is 2.25. The molecule has 6 nitrogen and oxygen atoms in total. The van der Waals surface area contributed by atoms with Gasteiger partial charge in [-0.1, -0.05) is 29.8 Å². The average Bonchev–Trinajstić information content (AvgIpc) is 3.17. The van der Waals surface area contributed by atoms with Crippen molar-refractivity contribution in [1.29, 1.82) is 0 Å². The molecule has 0 unspecified atom stereocenters. The Morgan fingerprint density at radius 2 is 1.69 bits per heavy atom. The van der Waals surface area contributed by atoms with Crippen molar-refractivity contribution in [2.45, 2.75) is 33.4 Å². The van der Waals surface area contributed by atoms with Crippen molar-refractivity contribution in [1.82, 2.24) is 19.7 Å². The highest BCUT2D eigenvalue weighted by molar-refractivity contribution is 5.99. The van der Waals surface area contributed by atoms with Crippen molar-refractivity contribution in [3.05, 3.63) is 70.4 Å². The van der Waals surface area contributed by atoms with Gasteiger partial charge in [0.1, 0.15) is 0 Å². The molecule has 1 fully saturated rings. The van der Waals surface area contributed by atoms with Crippen molar-refractivity contribution in [3.63, 3.8) is 0 Å². The van der Waals surface area contributed by atoms with Crippen LogP contribution in [-0.2, 0) is 24.3 Å². The highest BCUT2D eigenvalue weighted by Crippen LogP contribution is 2.29. The molecule has 0 radical (unpaired) electrons. The summed E-state index contributed by atoms with van der Waals surface area (Å²) in [7, 11) is 0. The normalized spacial score (nSPS) is 16.9. The molecule has 0 bridgehead atoms. The third-order valence-corrected chi connectivity index (χ3v) is 6.85. The van der Waals surface area contributed by atoms with Gasteiger partial charge in [0, 0.05) is 86.9 Å². The summed E-state index contributed by atoms with van der Waals surface area (Å²) in [5, 5.41) is 1.06. The molecular weight excluding hydrogens is 400 g/mol. The topological polar surface area (TPSA) is 59.7 Å². The van der Waals surface area contributed by atoms with Crippen LogP contribution in [0.5, 0.6) is 0 Å². The Morgan fingerprint density at radius 3 is 2.41 bits per heavy atom. The molecule has 2 aliphatic rings. The number of aromatic amines is 1. The number of hydrogen-bond acceptors (Lipinski definition) is 3. The van der Waals surface area contributed by atoms with Crippen LogP contribution < -0.4 is 0 Å². The number of benzene rings is 2. The van der Waals surface area contributed by atoms with Crippen LogP contribution in [-0.4, -0.2) is 64.2 Å². The number of rotatable bonds is 3. The van der Waals surface area contributed by atoms with Gasteiger partial charge in [0.15, 0.2) is 0 Å². The fraction of sp³-hybridized carbons (Fsp3) is 0.385. The Balaban J connectivity index is 1.27. The minimum atomic E-state index is 0.0936. The molecule has 2 aliphatic heterocycles. The van der Waals surface area contributed by atoms with Crippen LogP contribution >= 0.6 is 0 Å². The molecule has 6 heteroatoms. The van der Waals surface area contributed by atoms with E-state index < -0.39 is 0 Å². The summed E-state index contributed by atoms with van der Waals surface area (Å²) < 4.78 is 0. The molecule has 3 aromatic rings. The van der Waals surface area contributed by atoms with Crippen molar-refractivity contribution < 1.29 is 9.59 Å². The van der Waals surface area contributed by atoms with E-state index in [0.29, 0.717) is 6.54 Å². The zero-order chi connectivity index (χ0) is 22.2. The van der Waals surface area contributed by atoms with Crippen LogP contribution in [0.15, 0.2) is 42.5 Å². The van der Waals surface area contributed by atoms with Gasteiger partial charge in [0.25, 0.3) is 5.91 Å². The molecule has 0 spiro atoms. The van der Waals surface area contributed by atoms with Crippen molar-refractivity contribution in [2.24, 2.45) is 0 Å². The lowest BCUT2D eigenvalue weighted by Gasteiger charge is -2.34. The summed E-state index contributed by atoms with van der Waals surface area (Å²) in [5.74, 6) is 0.191. The molecular formula is C26H30N4O2. The number of nitrogens with one attached hydrogen (secondary N) is 1. The molecule has 2 amide bonds. The minimum Gasteiger partial charge on any atom is -0.358 e. The standard InChI is InChI=1S/C26H30N4O2/c1-18-3-5-20(6-4-18)16-28-11-13-29(14-12-28)26(32)21-7-8-24-22(15-21)23-17-30(19(2)31)10-9-25(23)27-24/h3-8,15,27H,9-14,16-17H2,1-2H3. The number of fused-ring (bicyclic) bond motifs is 3. The maximum absolute atomic E-state index is 13.2. The first-order valence-corrected chi connectivity index (χ1v) is 11.4. The Morgan fingerprint density at radius 1 is 0.938 bits per heavy atom. The van der Waals surface area contributed by atoms with Crippen LogP contribution in [0.25, 0.3) is 10.9 Å². The molecule has 2 aromatic carbocycles. The van der Waals surface area contributed by atoms with E-state index in [0.717, 1.165) is 67.7 Å². The van der Waals surface area contributed by atoms with E-state index in [9.17, 15) is 9.59 Å². The summed E-state index contributed by atoms with van der Waals surface area (Å²) in [6.07, 6.45) is 0.829. The quantitative estimate of drug-likeness (QED) is 0.693. The molecule has 5 rings (SSSR count). The number of nitrogens with zero attached hydrogens (tertiary/aromatic N) is 3. The zero-order valence-electron chi connectivity index (χ0n) is 18.9. The lowest BCUT2D eigenvalue weighted by Crippen LogP contribution is -2.48. The SMILES string of the molecule is CC(=O)N1CCc2[nH]c3ccc(C(=O)N4CCN(Cc5ccc(C)cc5)CC4)cc3c2C1. The number of amides is 2. The molecule has 1 saturated heterocycles. The maximum atomic E-state index is 13.2. The second kappa shape index (κ2) is 8.43. The molecule has 0 saturated carbocycles. The number of aromatic nitrogens is 1. The molecule has 0 atom stereocenters. The first-order valence-electron chi connectivity index (χ1n) is 11.4. The van der Waals surface area contributed by atoms with Gasteiger partial charge in [-0.25, -0.2) is 0 Å². The Hall–Kier alpha value is -3.12. The Bertz CT molecular complexity index is 1160. The van der Waals surface area contributed by atoms with E-state index in [-0.39, 0.29) is 11.8 Å². The van der Waals surface area contributed by atoms with Gasteiger partial charge < -0.3 is 14.8 Å². The third-order valence-electron chi connectivity index (χ3n) is 6.85. The van der Waals surface area contributed by atoms with Gasteiger partial charge in [-0.3, -0.25) is 14.5 Å². The highest BCUT2D eigenvalue weighted by atomic mass is 16.2. The van der Waals surface area contributed by atoms with E-state index in [1.54, 1.807) is 6.92 Å². The summed E-state index contributed by atoms with van der Waals surface area (Å²) >= 11 is 0. The first kappa shape index (κ1) is 20.8. The molecule has 0 aliphatic carbocycles. The van der Waals surface area contributed by atoms with Gasteiger partial charge in [-0.15, -0.1) is 0 Å². The van der Waals surface area contributed by atoms with E-state index >= 15 is 0 Å². The predicted molar refractivity (Wildman–Crippen MR) is 125 cm³/mol. The molecule has 1 aromatic heterocycles. The Kier molecular flexibility index (Phi) is 5.47. The van der Waals surface area contributed by atoms with Gasteiger partial charge in [0.2, 0.25) is 5.91 Å². The van der Waals surface area contributed by atoms with Crippen LogP contribution in [0.3, 0.4) is 0 Å². The fourth-order valence-electron chi connectivity index (χ4n) is 4.86.